The number of carbonyl (C=O) groups excluding carboxylic acids is 1. The number of piperidine rings is 1. The van der Waals surface area contributed by atoms with Gasteiger partial charge < -0.3 is 19.5 Å². The maximum Gasteiger partial charge on any atom is 0.410 e. The van der Waals surface area contributed by atoms with E-state index in [9.17, 15) is 4.79 Å². The molecule has 2 aliphatic heterocycles. The molecule has 3 rings (SSSR count). The molecule has 1 amide bonds. The molecule has 2 bridgehead atoms. The maximum atomic E-state index is 12.5. The summed E-state index contributed by atoms with van der Waals surface area (Å²) in [5.41, 5.74) is 1.76. The van der Waals surface area contributed by atoms with Crippen LogP contribution in [0.25, 0.3) is 0 Å². The van der Waals surface area contributed by atoms with E-state index < -0.39 is 5.60 Å². The average molecular weight is 349 g/mol. The van der Waals surface area contributed by atoms with Gasteiger partial charge in [-0.05, 0) is 73.3 Å². The number of amides is 1. The number of aryl methyl sites for hydroxylation is 2. The lowest BCUT2D eigenvalue weighted by Crippen LogP contribution is -2.52. The summed E-state index contributed by atoms with van der Waals surface area (Å²) in [4.78, 5) is 14.5. The summed E-state index contributed by atoms with van der Waals surface area (Å²) in [6.45, 7) is 10.7. The third-order valence-electron chi connectivity index (χ3n) is 5.33. The summed E-state index contributed by atoms with van der Waals surface area (Å²) in [5, 5.41) is 7.69. The molecule has 1 N–H and O–H groups in total. The van der Waals surface area contributed by atoms with Crippen molar-refractivity contribution in [2.75, 3.05) is 6.54 Å². The maximum absolute atomic E-state index is 12.5. The van der Waals surface area contributed by atoms with Crippen LogP contribution in [0.15, 0.2) is 4.52 Å². The van der Waals surface area contributed by atoms with Crippen molar-refractivity contribution in [3.63, 3.8) is 0 Å². The third-order valence-corrected chi connectivity index (χ3v) is 5.33. The van der Waals surface area contributed by atoms with Crippen molar-refractivity contribution in [1.29, 1.82) is 0 Å². The van der Waals surface area contributed by atoms with E-state index in [0.29, 0.717) is 18.1 Å². The van der Waals surface area contributed by atoms with Gasteiger partial charge in [-0.25, -0.2) is 4.79 Å². The zero-order chi connectivity index (χ0) is 18.2. The fourth-order valence-electron chi connectivity index (χ4n) is 4.22. The molecular weight excluding hydrogens is 318 g/mol. The third kappa shape index (κ3) is 4.17. The van der Waals surface area contributed by atoms with Crippen LogP contribution in [-0.2, 0) is 11.2 Å². The lowest BCUT2D eigenvalue weighted by molar-refractivity contribution is 0.00477. The highest BCUT2D eigenvalue weighted by Gasteiger charge is 2.44. The van der Waals surface area contributed by atoms with Crippen LogP contribution < -0.4 is 5.32 Å². The Balaban J connectivity index is 1.51. The molecule has 0 radical (unpaired) electrons. The Morgan fingerprint density at radius 2 is 1.92 bits per heavy atom. The molecule has 6 heteroatoms. The van der Waals surface area contributed by atoms with Crippen LogP contribution in [0, 0.1) is 13.8 Å². The van der Waals surface area contributed by atoms with E-state index in [1.807, 2.05) is 39.5 Å². The zero-order valence-electron chi connectivity index (χ0n) is 16.1. The van der Waals surface area contributed by atoms with E-state index in [0.717, 1.165) is 50.1 Å². The van der Waals surface area contributed by atoms with Crippen LogP contribution in [0.3, 0.4) is 0 Å². The molecular formula is C19H31N3O3. The molecule has 3 heterocycles. The fourth-order valence-corrected chi connectivity index (χ4v) is 4.22. The highest BCUT2D eigenvalue weighted by atomic mass is 16.6. The van der Waals surface area contributed by atoms with Gasteiger partial charge in [0.2, 0.25) is 0 Å². The van der Waals surface area contributed by atoms with E-state index in [-0.39, 0.29) is 6.09 Å². The molecule has 2 fully saturated rings. The monoisotopic (exact) mass is 349 g/mol. The summed E-state index contributed by atoms with van der Waals surface area (Å²) >= 11 is 0. The number of ether oxygens (including phenoxy) is 1. The minimum atomic E-state index is -0.431. The minimum absolute atomic E-state index is 0.144. The van der Waals surface area contributed by atoms with Crippen molar-refractivity contribution in [2.45, 2.75) is 90.4 Å². The fraction of sp³-hybridized carbons (Fsp3) is 0.789. The Kier molecular flexibility index (Phi) is 5.09. The molecule has 2 saturated heterocycles. The van der Waals surface area contributed by atoms with Crippen molar-refractivity contribution in [3.05, 3.63) is 17.0 Å². The van der Waals surface area contributed by atoms with Crippen LogP contribution in [0.2, 0.25) is 0 Å². The first-order valence-corrected chi connectivity index (χ1v) is 9.41. The van der Waals surface area contributed by atoms with E-state index >= 15 is 0 Å². The second-order valence-corrected chi connectivity index (χ2v) is 8.45. The highest BCUT2D eigenvalue weighted by Crippen LogP contribution is 2.36. The molecule has 3 atom stereocenters. The van der Waals surface area contributed by atoms with Crippen LogP contribution in [0.5, 0.6) is 0 Å². The van der Waals surface area contributed by atoms with Gasteiger partial charge >= 0.3 is 6.09 Å². The molecule has 1 aromatic rings. The van der Waals surface area contributed by atoms with Crippen molar-refractivity contribution in [1.82, 2.24) is 15.4 Å². The first kappa shape index (κ1) is 18.2. The molecule has 140 valence electrons. The predicted molar refractivity (Wildman–Crippen MR) is 95.6 cm³/mol. The predicted octanol–water partition coefficient (Wildman–Crippen LogP) is 3.35. The van der Waals surface area contributed by atoms with Crippen LogP contribution in [0.4, 0.5) is 4.79 Å². The topological polar surface area (TPSA) is 67.6 Å². The van der Waals surface area contributed by atoms with E-state index in [1.165, 1.54) is 5.56 Å². The van der Waals surface area contributed by atoms with E-state index in [1.54, 1.807) is 0 Å². The normalized spacial score (nSPS) is 26.1. The van der Waals surface area contributed by atoms with E-state index in [2.05, 4.69) is 10.5 Å². The molecule has 0 spiro atoms. The quantitative estimate of drug-likeness (QED) is 0.903. The smallest absolute Gasteiger partial charge is 0.410 e. The van der Waals surface area contributed by atoms with Gasteiger partial charge in [0.25, 0.3) is 0 Å². The van der Waals surface area contributed by atoms with Gasteiger partial charge in [-0.15, -0.1) is 0 Å². The summed E-state index contributed by atoms with van der Waals surface area (Å²) < 4.78 is 10.8. The van der Waals surface area contributed by atoms with Gasteiger partial charge in [-0.3, -0.25) is 0 Å². The molecule has 6 nitrogen and oxygen atoms in total. The van der Waals surface area contributed by atoms with Crippen LogP contribution >= 0.6 is 0 Å². The Labute approximate surface area is 150 Å². The van der Waals surface area contributed by atoms with Crippen molar-refractivity contribution >= 4 is 6.09 Å². The Morgan fingerprint density at radius 3 is 2.44 bits per heavy atom. The number of nitrogens with one attached hydrogen (secondary N) is 1. The number of nitrogens with zero attached hydrogens (tertiary/aromatic N) is 2. The molecule has 0 aromatic carbocycles. The van der Waals surface area contributed by atoms with Crippen molar-refractivity contribution in [3.8, 4) is 0 Å². The van der Waals surface area contributed by atoms with E-state index in [4.69, 9.17) is 9.26 Å². The summed E-state index contributed by atoms with van der Waals surface area (Å²) in [6, 6.07) is 1.09. The van der Waals surface area contributed by atoms with Gasteiger partial charge in [-0.1, -0.05) is 5.16 Å². The van der Waals surface area contributed by atoms with Gasteiger partial charge in [0.05, 0.1) is 5.69 Å². The average Bonchev–Trinajstić information content (AvgIpc) is 2.96. The lowest BCUT2D eigenvalue weighted by Gasteiger charge is -2.39. The molecule has 1 aromatic heterocycles. The standard InChI is InChI=1S/C19H31N3O3/c1-12-17(13(2)25-21-12)8-9-20-14-10-15-6-7-16(11-14)22(15)18(23)24-19(3,4)5/h14-16,20H,6-11H2,1-5H3/t14?,15-,16+. The molecule has 1 unspecified atom stereocenters. The van der Waals surface area contributed by atoms with Crippen molar-refractivity contribution in [2.24, 2.45) is 0 Å². The SMILES string of the molecule is Cc1noc(C)c1CCNC1C[C@H]2CC[C@@H](C1)N2C(=O)OC(C)(C)C. The number of hydrogen-bond acceptors (Lipinski definition) is 5. The van der Waals surface area contributed by atoms with Crippen LogP contribution in [-0.4, -0.2) is 46.4 Å². The van der Waals surface area contributed by atoms with Gasteiger partial charge in [0.1, 0.15) is 11.4 Å². The first-order valence-electron chi connectivity index (χ1n) is 9.41. The van der Waals surface area contributed by atoms with Crippen molar-refractivity contribution < 1.29 is 14.1 Å². The number of carbonyl (C=O) groups is 1. The summed E-state index contributed by atoms with van der Waals surface area (Å²) in [6.07, 6.45) is 4.99. The second-order valence-electron chi connectivity index (χ2n) is 8.45. The highest BCUT2D eigenvalue weighted by molar-refractivity contribution is 5.69. The Bertz CT molecular complexity index is 586. The number of rotatable bonds is 4. The summed E-state index contributed by atoms with van der Waals surface area (Å²) in [7, 11) is 0. The molecule has 25 heavy (non-hydrogen) atoms. The summed E-state index contributed by atoms with van der Waals surface area (Å²) in [5.74, 6) is 0.916. The molecule has 2 aliphatic rings. The van der Waals surface area contributed by atoms with Gasteiger partial charge in [0, 0.05) is 23.7 Å². The number of aromatic nitrogens is 1. The first-order chi connectivity index (χ1) is 11.7. The number of hydrogen-bond donors (Lipinski definition) is 1. The molecule has 0 saturated carbocycles. The van der Waals surface area contributed by atoms with Gasteiger partial charge in [-0.2, -0.15) is 0 Å². The molecule has 0 aliphatic carbocycles. The Morgan fingerprint density at radius 1 is 1.28 bits per heavy atom. The largest absolute Gasteiger partial charge is 0.444 e. The second kappa shape index (κ2) is 6.98. The zero-order valence-corrected chi connectivity index (χ0v) is 16.1. The number of fused-ring (bicyclic) bond motifs is 2. The van der Waals surface area contributed by atoms with Gasteiger partial charge in [0.15, 0.2) is 0 Å². The minimum Gasteiger partial charge on any atom is -0.444 e. The Hall–Kier alpha value is -1.56. The van der Waals surface area contributed by atoms with Crippen LogP contribution in [0.1, 0.15) is 63.5 Å². The lowest BCUT2D eigenvalue weighted by atomic mass is 9.97.